The number of methoxy groups -OCH3 is 1. The van der Waals surface area contributed by atoms with Crippen LogP contribution in [-0.4, -0.2) is 38.1 Å². The minimum atomic E-state index is 0.233. The molecular formula is C20H26N2O2. The van der Waals surface area contributed by atoms with Crippen LogP contribution in [0.4, 0.5) is 0 Å². The third-order valence-electron chi connectivity index (χ3n) is 4.89. The number of ether oxygens (including phenoxy) is 1. The van der Waals surface area contributed by atoms with Crippen LogP contribution >= 0.6 is 0 Å². The topological polar surface area (TPSA) is 41.6 Å². The van der Waals surface area contributed by atoms with Crippen molar-refractivity contribution in [3.63, 3.8) is 0 Å². The van der Waals surface area contributed by atoms with E-state index in [1.165, 1.54) is 11.8 Å². The Balaban J connectivity index is 1.59. The molecule has 0 bridgehead atoms. The Morgan fingerprint density at radius 3 is 2.79 bits per heavy atom. The molecule has 0 spiro atoms. The van der Waals surface area contributed by atoms with Gasteiger partial charge in [0.25, 0.3) is 0 Å². The fraction of sp³-hybridized carbons (Fsp3) is 0.450. The first-order valence-corrected chi connectivity index (χ1v) is 8.67. The molecule has 4 heteroatoms. The molecule has 1 atom stereocenters. The van der Waals surface area contributed by atoms with Crippen LogP contribution in [0.2, 0.25) is 0 Å². The summed E-state index contributed by atoms with van der Waals surface area (Å²) in [5.41, 5.74) is 1.16. The van der Waals surface area contributed by atoms with E-state index in [4.69, 9.17) is 4.74 Å². The predicted octanol–water partition coefficient (Wildman–Crippen LogP) is 3.20. The number of hydrogen-bond acceptors (Lipinski definition) is 3. The van der Waals surface area contributed by atoms with Crippen molar-refractivity contribution in [2.24, 2.45) is 5.92 Å². The highest BCUT2D eigenvalue weighted by atomic mass is 16.5. The standard InChI is InChI=1S/C20H26N2O2/c1-22(20(23)8-4-15-9-10-21-13-15)14-16-3-5-18-12-19(24-2)7-6-17(18)11-16/h3,5-7,11-12,15,21H,4,8-10,13-14H2,1-2H3. The van der Waals surface area contributed by atoms with E-state index in [0.29, 0.717) is 18.9 Å². The molecule has 1 unspecified atom stereocenters. The van der Waals surface area contributed by atoms with Gasteiger partial charge in [-0.2, -0.15) is 0 Å². The zero-order valence-corrected chi connectivity index (χ0v) is 14.5. The van der Waals surface area contributed by atoms with Gasteiger partial charge in [-0.15, -0.1) is 0 Å². The fourth-order valence-corrected chi connectivity index (χ4v) is 3.34. The van der Waals surface area contributed by atoms with Gasteiger partial charge in [0.2, 0.25) is 5.91 Å². The van der Waals surface area contributed by atoms with Gasteiger partial charge in [-0.3, -0.25) is 4.79 Å². The number of hydrogen-bond donors (Lipinski definition) is 1. The lowest BCUT2D eigenvalue weighted by Crippen LogP contribution is -2.26. The van der Waals surface area contributed by atoms with Gasteiger partial charge < -0.3 is 15.0 Å². The van der Waals surface area contributed by atoms with Crippen LogP contribution in [0.1, 0.15) is 24.8 Å². The van der Waals surface area contributed by atoms with E-state index in [0.717, 1.165) is 36.2 Å². The number of fused-ring (bicyclic) bond motifs is 1. The van der Waals surface area contributed by atoms with E-state index in [9.17, 15) is 4.79 Å². The largest absolute Gasteiger partial charge is 0.497 e. The first-order valence-electron chi connectivity index (χ1n) is 8.67. The Kier molecular flexibility index (Phi) is 5.36. The van der Waals surface area contributed by atoms with Crippen LogP contribution < -0.4 is 10.1 Å². The highest BCUT2D eigenvalue weighted by molar-refractivity contribution is 5.84. The van der Waals surface area contributed by atoms with Gasteiger partial charge in [0.1, 0.15) is 5.75 Å². The molecule has 2 aromatic rings. The number of benzene rings is 2. The number of carbonyl (C=O) groups is 1. The molecule has 128 valence electrons. The Labute approximate surface area is 143 Å². The Bertz CT molecular complexity index is 708. The van der Waals surface area contributed by atoms with Gasteiger partial charge in [-0.1, -0.05) is 18.2 Å². The molecular weight excluding hydrogens is 300 g/mol. The molecule has 1 aliphatic rings. The summed E-state index contributed by atoms with van der Waals surface area (Å²) in [6.07, 6.45) is 2.84. The van der Waals surface area contributed by atoms with Crippen LogP contribution in [0, 0.1) is 5.92 Å². The summed E-state index contributed by atoms with van der Waals surface area (Å²) in [6, 6.07) is 12.4. The Hall–Kier alpha value is -2.07. The molecule has 1 N–H and O–H groups in total. The normalized spacial score (nSPS) is 17.2. The maximum atomic E-state index is 12.3. The second-order valence-electron chi connectivity index (χ2n) is 6.69. The molecule has 0 radical (unpaired) electrons. The van der Waals surface area contributed by atoms with Crippen LogP contribution in [0.15, 0.2) is 36.4 Å². The minimum absolute atomic E-state index is 0.233. The highest BCUT2D eigenvalue weighted by Gasteiger charge is 2.17. The molecule has 1 aliphatic heterocycles. The van der Waals surface area contributed by atoms with Crippen molar-refractivity contribution >= 4 is 16.7 Å². The number of amides is 1. The molecule has 24 heavy (non-hydrogen) atoms. The van der Waals surface area contributed by atoms with Crippen molar-refractivity contribution in [2.75, 3.05) is 27.2 Å². The third-order valence-corrected chi connectivity index (χ3v) is 4.89. The fourth-order valence-electron chi connectivity index (χ4n) is 3.34. The van der Waals surface area contributed by atoms with Crippen LogP contribution in [-0.2, 0) is 11.3 Å². The lowest BCUT2D eigenvalue weighted by molar-refractivity contribution is -0.130. The highest BCUT2D eigenvalue weighted by Crippen LogP contribution is 2.22. The van der Waals surface area contributed by atoms with Crippen LogP contribution in [0.3, 0.4) is 0 Å². The van der Waals surface area contributed by atoms with E-state index < -0.39 is 0 Å². The zero-order chi connectivity index (χ0) is 16.9. The van der Waals surface area contributed by atoms with E-state index in [1.807, 2.05) is 24.1 Å². The van der Waals surface area contributed by atoms with Crippen molar-refractivity contribution in [3.8, 4) is 5.75 Å². The van der Waals surface area contributed by atoms with Gasteiger partial charge in [0.05, 0.1) is 7.11 Å². The Morgan fingerprint density at radius 2 is 2.04 bits per heavy atom. The first-order chi connectivity index (χ1) is 11.7. The van der Waals surface area contributed by atoms with E-state index >= 15 is 0 Å². The van der Waals surface area contributed by atoms with Crippen molar-refractivity contribution in [2.45, 2.75) is 25.8 Å². The average Bonchev–Trinajstić information content (AvgIpc) is 3.12. The molecule has 0 aromatic heterocycles. The maximum absolute atomic E-state index is 12.3. The molecule has 4 nitrogen and oxygen atoms in total. The van der Waals surface area contributed by atoms with Gasteiger partial charge in [-0.05, 0) is 66.4 Å². The summed E-state index contributed by atoms with van der Waals surface area (Å²) in [6.45, 7) is 2.81. The summed E-state index contributed by atoms with van der Waals surface area (Å²) in [4.78, 5) is 14.2. The SMILES string of the molecule is COc1ccc2cc(CN(C)C(=O)CCC3CCNC3)ccc2c1. The molecule has 0 aliphatic carbocycles. The Morgan fingerprint density at radius 1 is 1.25 bits per heavy atom. The molecule has 1 amide bonds. The van der Waals surface area contributed by atoms with E-state index in [1.54, 1.807) is 7.11 Å². The maximum Gasteiger partial charge on any atom is 0.222 e. The van der Waals surface area contributed by atoms with E-state index in [-0.39, 0.29) is 5.91 Å². The van der Waals surface area contributed by atoms with Gasteiger partial charge in [0, 0.05) is 20.0 Å². The van der Waals surface area contributed by atoms with Crippen molar-refractivity contribution in [1.29, 1.82) is 0 Å². The molecule has 1 fully saturated rings. The summed E-state index contributed by atoms with van der Waals surface area (Å²) < 4.78 is 5.26. The quantitative estimate of drug-likeness (QED) is 0.886. The van der Waals surface area contributed by atoms with Gasteiger partial charge in [-0.25, -0.2) is 0 Å². The third kappa shape index (κ3) is 4.06. The summed E-state index contributed by atoms with van der Waals surface area (Å²) in [5, 5.41) is 5.68. The average molecular weight is 326 g/mol. The monoisotopic (exact) mass is 326 g/mol. The summed E-state index contributed by atoms with van der Waals surface area (Å²) in [5.74, 6) is 1.76. The summed E-state index contributed by atoms with van der Waals surface area (Å²) in [7, 11) is 3.57. The van der Waals surface area contributed by atoms with Crippen LogP contribution in [0.5, 0.6) is 5.75 Å². The smallest absolute Gasteiger partial charge is 0.222 e. The first kappa shape index (κ1) is 16.8. The zero-order valence-electron chi connectivity index (χ0n) is 14.5. The molecule has 1 saturated heterocycles. The molecule has 2 aromatic carbocycles. The number of carbonyl (C=O) groups excluding carboxylic acids is 1. The molecule has 0 saturated carbocycles. The number of nitrogens with zero attached hydrogens (tertiary/aromatic N) is 1. The lowest BCUT2D eigenvalue weighted by atomic mass is 10.0. The lowest BCUT2D eigenvalue weighted by Gasteiger charge is -2.18. The minimum Gasteiger partial charge on any atom is -0.497 e. The summed E-state index contributed by atoms with van der Waals surface area (Å²) >= 11 is 0. The second kappa shape index (κ2) is 7.67. The van der Waals surface area contributed by atoms with Crippen molar-refractivity contribution in [1.82, 2.24) is 10.2 Å². The predicted molar refractivity (Wildman–Crippen MR) is 97.2 cm³/mol. The number of nitrogens with one attached hydrogen (secondary N) is 1. The van der Waals surface area contributed by atoms with Gasteiger partial charge in [0.15, 0.2) is 0 Å². The number of rotatable bonds is 6. The van der Waals surface area contributed by atoms with Gasteiger partial charge >= 0.3 is 0 Å². The second-order valence-corrected chi connectivity index (χ2v) is 6.69. The van der Waals surface area contributed by atoms with Crippen LogP contribution in [0.25, 0.3) is 10.8 Å². The van der Waals surface area contributed by atoms with Crippen molar-refractivity contribution in [3.05, 3.63) is 42.0 Å². The molecule has 3 rings (SSSR count). The van der Waals surface area contributed by atoms with Crippen molar-refractivity contribution < 1.29 is 9.53 Å². The van der Waals surface area contributed by atoms with E-state index in [2.05, 4.69) is 29.6 Å². The molecule has 1 heterocycles.